The number of nitrogens with zero attached hydrogens (tertiary/aromatic N) is 1. The zero-order valence-electron chi connectivity index (χ0n) is 10.7. The summed E-state index contributed by atoms with van der Waals surface area (Å²) in [7, 11) is 0. The molecule has 1 aromatic rings. The normalized spacial score (nSPS) is 15.8. The SMILES string of the molecule is CC.Cc1cc(Br)c(=O)n2c1C(=O)NC2(C)C. The summed E-state index contributed by atoms with van der Waals surface area (Å²) >= 11 is 3.20. The molecule has 1 N–H and O–H groups in total. The van der Waals surface area contributed by atoms with Crippen molar-refractivity contribution >= 4 is 21.8 Å². The van der Waals surface area contributed by atoms with Crippen LogP contribution in [0.4, 0.5) is 0 Å². The smallest absolute Gasteiger partial charge is 0.270 e. The molecule has 0 fully saturated rings. The molecule has 1 aliphatic rings. The number of hydrogen-bond donors (Lipinski definition) is 1. The molecule has 0 aliphatic carbocycles. The topological polar surface area (TPSA) is 51.1 Å². The number of carbonyl (C=O) groups excluding carboxylic acids is 1. The van der Waals surface area contributed by atoms with E-state index in [1.165, 1.54) is 4.57 Å². The molecule has 0 unspecified atom stereocenters. The van der Waals surface area contributed by atoms with E-state index in [4.69, 9.17) is 0 Å². The maximum atomic E-state index is 11.9. The van der Waals surface area contributed by atoms with Crippen LogP contribution in [0.3, 0.4) is 0 Å². The molecule has 1 aliphatic heterocycles. The standard InChI is InChI=1S/C10H11BrN2O2.C2H6/c1-5-4-6(11)9(15)13-7(5)8(14)12-10(13,2)3;1-2/h4H,1-3H3,(H,12,14);1-2H3. The Morgan fingerprint density at radius 2 is 1.82 bits per heavy atom. The first-order valence-corrected chi connectivity index (χ1v) is 6.39. The molecule has 4 nitrogen and oxygen atoms in total. The van der Waals surface area contributed by atoms with E-state index < -0.39 is 5.66 Å². The number of fused-ring (bicyclic) bond motifs is 1. The van der Waals surface area contributed by atoms with E-state index in [-0.39, 0.29) is 11.5 Å². The number of halogens is 1. The molecule has 0 saturated heterocycles. The minimum Gasteiger partial charge on any atom is -0.328 e. The van der Waals surface area contributed by atoms with Gasteiger partial charge in [-0.2, -0.15) is 0 Å². The molecular weight excluding hydrogens is 284 g/mol. The largest absolute Gasteiger partial charge is 0.328 e. The molecule has 1 aromatic heterocycles. The van der Waals surface area contributed by atoms with Crippen LogP contribution in [0.1, 0.15) is 43.7 Å². The Hall–Kier alpha value is -1.10. The highest BCUT2D eigenvalue weighted by Gasteiger charge is 2.37. The van der Waals surface area contributed by atoms with E-state index in [0.29, 0.717) is 10.2 Å². The lowest BCUT2D eigenvalue weighted by Crippen LogP contribution is -2.42. The van der Waals surface area contributed by atoms with E-state index in [1.54, 1.807) is 19.9 Å². The second-order valence-electron chi connectivity index (χ2n) is 4.18. The Balaban J connectivity index is 0.000000686. The van der Waals surface area contributed by atoms with Crippen molar-refractivity contribution in [1.29, 1.82) is 0 Å². The lowest BCUT2D eigenvalue weighted by atomic mass is 10.2. The maximum absolute atomic E-state index is 11.9. The Kier molecular flexibility index (Phi) is 3.81. The quantitative estimate of drug-likeness (QED) is 0.800. The number of pyridine rings is 1. The van der Waals surface area contributed by atoms with Crippen molar-refractivity contribution in [2.45, 2.75) is 40.3 Å². The average Bonchev–Trinajstić information content (AvgIpc) is 2.48. The average molecular weight is 301 g/mol. The molecule has 0 atom stereocenters. The summed E-state index contributed by atoms with van der Waals surface area (Å²) in [5.41, 5.74) is 0.412. The van der Waals surface area contributed by atoms with Crippen LogP contribution >= 0.6 is 15.9 Å². The fourth-order valence-electron chi connectivity index (χ4n) is 1.91. The van der Waals surface area contributed by atoms with Crippen LogP contribution in [0, 0.1) is 6.92 Å². The van der Waals surface area contributed by atoms with Gasteiger partial charge in [-0.3, -0.25) is 14.2 Å². The molecule has 94 valence electrons. The van der Waals surface area contributed by atoms with Gasteiger partial charge in [0.25, 0.3) is 11.5 Å². The van der Waals surface area contributed by atoms with Gasteiger partial charge in [0.1, 0.15) is 11.4 Å². The van der Waals surface area contributed by atoms with E-state index in [2.05, 4.69) is 21.2 Å². The van der Waals surface area contributed by atoms with Gasteiger partial charge in [0.05, 0.1) is 4.47 Å². The minimum absolute atomic E-state index is 0.182. The molecule has 5 heteroatoms. The molecule has 0 bridgehead atoms. The third kappa shape index (κ3) is 2.16. The Labute approximate surface area is 109 Å². The summed E-state index contributed by atoms with van der Waals surface area (Å²) in [4.78, 5) is 23.6. The zero-order chi connectivity index (χ0) is 13.4. The number of rotatable bonds is 0. The third-order valence-electron chi connectivity index (χ3n) is 2.54. The molecule has 2 heterocycles. The van der Waals surface area contributed by atoms with Gasteiger partial charge in [0.2, 0.25) is 0 Å². The molecule has 0 aromatic carbocycles. The highest BCUT2D eigenvalue weighted by atomic mass is 79.9. The fraction of sp³-hybridized carbons (Fsp3) is 0.500. The first-order chi connectivity index (χ1) is 7.84. The van der Waals surface area contributed by atoms with Crippen LogP contribution in [0.5, 0.6) is 0 Å². The van der Waals surface area contributed by atoms with Crippen LogP contribution in [-0.2, 0) is 5.66 Å². The van der Waals surface area contributed by atoms with Gasteiger partial charge in [0, 0.05) is 0 Å². The summed E-state index contributed by atoms with van der Waals surface area (Å²) in [5.74, 6) is -0.192. The van der Waals surface area contributed by atoms with Gasteiger partial charge in [-0.1, -0.05) is 13.8 Å². The van der Waals surface area contributed by atoms with Gasteiger partial charge < -0.3 is 5.32 Å². The Morgan fingerprint density at radius 1 is 1.29 bits per heavy atom. The van der Waals surface area contributed by atoms with E-state index >= 15 is 0 Å². The van der Waals surface area contributed by atoms with Gasteiger partial charge in [-0.15, -0.1) is 0 Å². The van der Waals surface area contributed by atoms with Crippen LogP contribution in [-0.4, -0.2) is 10.5 Å². The summed E-state index contributed by atoms with van der Waals surface area (Å²) in [6.45, 7) is 9.42. The summed E-state index contributed by atoms with van der Waals surface area (Å²) in [6, 6.07) is 1.68. The zero-order valence-corrected chi connectivity index (χ0v) is 12.3. The maximum Gasteiger partial charge on any atom is 0.270 e. The summed E-state index contributed by atoms with van der Waals surface area (Å²) in [5, 5.41) is 2.77. The second kappa shape index (κ2) is 4.64. The molecule has 1 amide bonds. The lowest BCUT2D eigenvalue weighted by molar-refractivity contribution is 0.0934. The predicted molar refractivity (Wildman–Crippen MR) is 71.3 cm³/mol. The molecule has 0 spiro atoms. The Morgan fingerprint density at radius 3 is 2.35 bits per heavy atom. The van der Waals surface area contributed by atoms with Crippen molar-refractivity contribution in [2.24, 2.45) is 0 Å². The number of aryl methyl sites for hydroxylation is 1. The fourth-order valence-corrected chi connectivity index (χ4v) is 2.43. The molecule has 17 heavy (non-hydrogen) atoms. The first-order valence-electron chi connectivity index (χ1n) is 5.60. The van der Waals surface area contributed by atoms with Crippen molar-refractivity contribution in [3.05, 3.63) is 32.2 Å². The lowest BCUT2D eigenvalue weighted by Gasteiger charge is -2.21. The number of hydrogen-bond acceptors (Lipinski definition) is 2. The third-order valence-corrected chi connectivity index (χ3v) is 3.11. The van der Waals surface area contributed by atoms with Crippen molar-refractivity contribution in [3.63, 3.8) is 0 Å². The number of carbonyl (C=O) groups is 1. The van der Waals surface area contributed by atoms with Crippen molar-refractivity contribution in [3.8, 4) is 0 Å². The number of nitrogens with one attached hydrogen (secondary N) is 1. The Bertz CT molecular complexity index is 518. The molecular formula is C12H17BrN2O2. The number of aromatic nitrogens is 1. The van der Waals surface area contributed by atoms with E-state index in [9.17, 15) is 9.59 Å². The summed E-state index contributed by atoms with van der Waals surface area (Å²) in [6.07, 6.45) is 0. The van der Waals surface area contributed by atoms with Gasteiger partial charge in [0.15, 0.2) is 0 Å². The van der Waals surface area contributed by atoms with Crippen LogP contribution < -0.4 is 10.9 Å². The number of amides is 1. The molecule has 0 radical (unpaired) electrons. The summed E-state index contributed by atoms with van der Waals surface area (Å²) < 4.78 is 1.97. The van der Waals surface area contributed by atoms with Crippen molar-refractivity contribution < 1.29 is 4.79 Å². The highest BCUT2D eigenvalue weighted by Crippen LogP contribution is 2.24. The molecule has 0 saturated carbocycles. The van der Waals surface area contributed by atoms with E-state index in [0.717, 1.165) is 5.56 Å². The monoisotopic (exact) mass is 300 g/mol. The van der Waals surface area contributed by atoms with Crippen molar-refractivity contribution in [2.75, 3.05) is 0 Å². The van der Waals surface area contributed by atoms with Crippen molar-refractivity contribution in [1.82, 2.24) is 9.88 Å². The highest BCUT2D eigenvalue weighted by molar-refractivity contribution is 9.10. The van der Waals surface area contributed by atoms with Gasteiger partial charge in [-0.05, 0) is 48.3 Å². The van der Waals surface area contributed by atoms with E-state index in [1.807, 2.05) is 20.8 Å². The van der Waals surface area contributed by atoms with Crippen LogP contribution in [0.2, 0.25) is 0 Å². The van der Waals surface area contributed by atoms with Crippen LogP contribution in [0.25, 0.3) is 0 Å². The van der Waals surface area contributed by atoms with Crippen LogP contribution in [0.15, 0.2) is 15.3 Å². The molecule has 2 rings (SSSR count). The van der Waals surface area contributed by atoms with Gasteiger partial charge >= 0.3 is 0 Å². The van der Waals surface area contributed by atoms with Gasteiger partial charge in [-0.25, -0.2) is 0 Å². The second-order valence-corrected chi connectivity index (χ2v) is 5.03. The first kappa shape index (κ1) is 14.0. The predicted octanol–water partition coefficient (Wildman–Crippen LogP) is 2.38. The minimum atomic E-state index is -0.655.